The molecule has 10 unspecified atom stereocenters. The molecule has 0 aliphatic carbocycles. The zero-order chi connectivity index (χ0) is 72.6. The van der Waals surface area contributed by atoms with Crippen LogP contribution in [0.25, 0.3) is 0 Å². The Labute approximate surface area is 559 Å². The molecular weight excluding hydrogens is 1250 g/mol. The minimum atomic E-state index is -4.56. The number of imide groups is 1. The van der Waals surface area contributed by atoms with Crippen LogP contribution in [0.2, 0.25) is 0 Å². The third-order valence-electron chi connectivity index (χ3n) is 19.5. The molecule has 4 rings (SSSR count). The number of carboxylic acids is 3. The van der Waals surface area contributed by atoms with Gasteiger partial charge in [0.15, 0.2) is 5.78 Å². The molecule has 2 aliphatic rings. The summed E-state index contributed by atoms with van der Waals surface area (Å²) in [6, 6.07) is 8.34. The summed E-state index contributed by atoms with van der Waals surface area (Å²) in [6.07, 6.45) is -1.24. The van der Waals surface area contributed by atoms with Gasteiger partial charge in [-0.25, -0.2) is 13.1 Å². The first-order valence-electron chi connectivity index (χ1n) is 32.6. The minimum absolute atomic E-state index is 0.0191. The molecule has 0 radical (unpaired) electrons. The number of amides is 3. The maximum absolute atomic E-state index is 15.0. The van der Waals surface area contributed by atoms with E-state index in [1.165, 1.54) is 39.8 Å². The molecule has 25 heteroatoms. The fourth-order valence-electron chi connectivity index (χ4n) is 14.4. The summed E-state index contributed by atoms with van der Waals surface area (Å²) < 4.78 is 51.4. The van der Waals surface area contributed by atoms with Gasteiger partial charge in [-0.05, 0) is 90.9 Å². The predicted molar refractivity (Wildman–Crippen MR) is 348 cm³/mol. The molecule has 2 fully saturated rings. The lowest BCUT2D eigenvalue weighted by atomic mass is 9.58. The third kappa shape index (κ3) is 19.1. The van der Waals surface area contributed by atoms with Crippen LogP contribution in [0.4, 0.5) is 0 Å². The van der Waals surface area contributed by atoms with Crippen molar-refractivity contribution in [2.45, 2.75) is 168 Å². The number of phenolic OH excluding ortho intramolecular Hbond substituents is 1. The molecule has 0 aromatic heterocycles. The number of phenols is 1. The minimum Gasteiger partial charge on any atom is -0.507 e. The number of benzene rings is 2. The Morgan fingerprint density at radius 1 is 0.674 bits per heavy atom. The van der Waals surface area contributed by atoms with E-state index in [0.717, 1.165) is 29.7 Å². The van der Waals surface area contributed by atoms with Crippen LogP contribution < -0.4 is 14.8 Å². The summed E-state index contributed by atoms with van der Waals surface area (Å²) in [7, 11) is -3.40. The number of ether oxygens (including phenoxy) is 4. The number of nitrogens with zero attached hydrogens (tertiary/aromatic N) is 1. The molecule has 2 aliphatic heterocycles. The molecular formula is C70H103N3O21S. The molecule has 2 saturated heterocycles. The highest BCUT2D eigenvalue weighted by atomic mass is 32.2. The van der Waals surface area contributed by atoms with Crippen molar-refractivity contribution in [3.63, 3.8) is 0 Å². The Morgan fingerprint density at radius 3 is 1.66 bits per heavy atom. The third-order valence-corrected chi connectivity index (χ3v) is 21.0. The number of methoxy groups -OCH3 is 1. The number of esters is 4. The number of aryl methyl sites for hydroxylation is 1. The van der Waals surface area contributed by atoms with Crippen LogP contribution >= 0.6 is 0 Å². The van der Waals surface area contributed by atoms with Gasteiger partial charge in [0.2, 0.25) is 27.7 Å². The highest BCUT2D eigenvalue weighted by Gasteiger charge is 2.59. The smallest absolute Gasteiger partial charge is 0.318 e. The number of hydrogen-bond donors (Lipinski definition) is 6. The maximum Gasteiger partial charge on any atom is 0.318 e. The van der Waals surface area contributed by atoms with Crippen molar-refractivity contribution in [1.29, 1.82) is 0 Å². The number of likely N-dealkylation sites (tertiary alicyclic amines) is 1. The number of sulfonamides is 1. The monoisotopic (exact) mass is 1350 g/mol. The van der Waals surface area contributed by atoms with Gasteiger partial charge in [-0.1, -0.05) is 147 Å². The van der Waals surface area contributed by atoms with Crippen molar-refractivity contribution in [2.75, 3.05) is 40.0 Å². The van der Waals surface area contributed by atoms with Crippen LogP contribution in [0.5, 0.6) is 11.5 Å². The topological polar surface area (TPSA) is 367 Å². The normalized spacial score (nSPS) is 19.4. The van der Waals surface area contributed by atoms with E-state index in [9.17, 15) is 76.8 Å². The maximum atomic E-state index is 15.0. The quantitative estimate of drug-likeness (QED) is 0.00916. The van der Waals surface area contributed by atoms with Crippen molar-refractivity contribution in [1.82, 2.24) is 14.9 Å². The Hall–Kier alpha value is -7.28. The van der Waals surface area contributed by atoms with E-state index in [1.54, 1.807) is 88.3 Å². The molecule has 2 aromatic carbocycles. The van der Waals surface area contributed by atoms with Gasteiger partial charge in [0.25, 0.3) is 0 Å². The van der Waals surface area contributed by atoms with Gasteiger partial charge in [-0.2, -0.15) is 0 Å². The number of aliphatic carboxylic acids is 3. The standard InChI is InChI=1S/C70H103N3O21S/c1-20-66(9,10)53(64(87)93-29-28-72-95(89,90)49-30-43(47(74)31-48(49)91-19)55(75)41-24-22-39(7)23-25-41)45(60(81)82)34-69(15,16)52-42(57(77)73(58(52)78)36-38(5)6)26-27-67(11,12)51(56(76)71-35-37(3)4)44(59(79)80)32-70(17,18)54(63(86)92-21-2)46(61(83)84)33-68(13,14)50-40(8)62(85)94-65(50)88/h22-25,30-31,37-38,40,42,44-46,50-54,72,74H,20-21,26-29,32-36H2,1-19H3,(H,71,76)(H,79,80)(H,81,82)(H,83,84). The van der Waals surface area contributed by atoms with Crippen LogP contribution in [0.3, 0.4) is 0 Å². The Balaban J connectivity index is 1.74. The van der Waals surface area contributed by atoms with E-state index in [2.05, 4.69) is 10.0 Å². The summed E-state index contributed by atoms with van der Waals surface area (Å²) in [5.41, 5.74) is -6.10. The van der Waals surface area contributed by atoms with Gasteiger partial charge < -0.3 is 44.7 Å². The lowest BCUT2D eigenvalue weighted by Gasteiger charge is -2.44. The molecule has 24 nitrogen and oxygen atoms in total. The molecule has 530 valence electrons. The first kappa shape index (κ1) is 80.2. The molecule has 6 N–H and O–H groups in total. The van der Waals surface area contributed by atoms with Crippen molar-refractivity contribution in [3.8, 4) is 11.5 Å². The summed E-state index contributed by atoms with van der Waals surface area (Å²) >= 11 is 0. The molecule has 0 bridgehead atoms. The summed E-state index contributed by atoms with van der Waals surface area (Å²) in [5.74, 6) is -25.6. The van der Waals surface area contributed by atoms with Crippen LogP contribution in [-0.4, -0.2) is 139 Å². The van der Waals surface area contributed by atoms with Gasteiger partial charge in [0, 0.05) is 31.3 Å². The highest BCUT2D eigenvalue weighted by molar-refractivity contribution is 7.89. The second kappa shape index (κ2) is 31.7. The molecule has 3 amide bonds. The highest BCUT2D eigenvalue weighted by Crippen LogP contribution is 2.53. The first-order valence-corrected chi connectivity index (χ1v) is 34.1. The number of rotatable bonds is 37. The van der Waals surface area contributed by atoms with Crippen LogP contribution in [0.15, 0.2) is 41.3 Å². The first-order chi connectivity index (χ1) is 43.7. The lowest BCUT2D eigenvalue weighted by molar-refractivity contribution is -0.168. The van der Waals surface area contributed by atoms with Crippen molar-refractivity contribution < 1.29 is 101 Å². The molecule has 2 aromatic rings. The summed E-state index contributed by atoms with van der Waals surface area (Å²) in [5, 5.41) is 47.2. The zero-order valence-electron chi connectivity index (χ0n) is 58.8. The average molecular weight is 1350 g/mol. The van der Waals surface area contributed by atoms with E-state index in [1.807, 2.05) is 20.8 Å². The van der Waals surface area contributed by atoms with E-state index >= 15 is 4.79 Å². The number of cyclic esters (lactones) is 2. The molecule has 0 saturated carbocycles. The summed E-state index contributed by atoms with van der Waals surface area (Å²) in [4.78, 5) is 155. The second-order valence-electron chi connectivity index (χ2n) is 30.2. The zero-order valence-corrected chi connectivity index (χ0v) is 59.6. The number of aromatic hydroxyl groups is 1. The van der Waals surface area contributed by atoms with E-state index in [0.29, 0.717) is 0 Å². The average Bonchev–Trinajstić information content (AvgIpc) is 1.71. The number of carbonyl (C=O) groups excluding carboxylic acids is 8. The SMILES string of the molecule is CCOC(=O)C(C(CC(C)(C)C1C(=O)OC(=O)C1C)C(=O)O)C(C)(C)CC(C(=O)O)C(C(=O)NCC(C)C)C(C)(C)CCC1C(=O)N(CC(C)C)C(=O)C1C(C)(C)CC(C(=O)O)C(C(=O)OCCNS(=O)(=O)c1cc(C(=O)c2ccc(C)cc2)c(O)cc1OC)C(C)(C)CC. The van der Waals surface area contributed by atoms with Crippen LogP contribution in [0, 0.1) is 105 Å². The predicted octanol–water partition coefficient (Wildman–Crippen LogP) is 9.13. The van der Waals surface area contributed by atoms with E-state index in [-0.39, 0.29) is 80.5 Å². The number of carboxylic acid groups (broad SMARTS) is 3. The number of hydrogen-bond acceptors (Lipinski definition) is 18. The van der Waals surface area contributed by atoms with E-state index < -0.39 is 192 Å². The second-order valence-corrected chi connectivity index (χ2v) is 31.9. The Kier molecular flexibility index (Phi) is 26.8. The number of carbonyl (C=O) groups is 11. The fourth-order valence-corrected chi connectivity index (χ4v) is 15.6. The van der Waals surface area contributed by atoms with Gasteiger partial charge >= 0.3 is 41.8 Å². The van der Waals surface area contributed by atoms with Crippen molar-refractivity contribution in [2.24, 2.45) is 98.1 Å². The Bertz CT molecular complexity index is 3310. The molecule has 95 heavy (non-hydrogen) atoms. The largest absolute Gasteiger partial charge is 0.507 e. The van der Waals surface area contributed by atoms with E-state index in [4.69, 9.17) is 18.9 Å². The van der Waals surface area contributed by atoms with Crippen LogP contribution in [-0.2, 0) is 72.2 Å². The lowest BCUT2D eigenvalue weighted by Crippen LogP contribution is -2.50. The van der Waals surface area contributed by atoms with Crippen LogP contribution in [0.1, 0.15) is 178 Å². The van der Waals surface area contributed by atoms with Gasteiger partial charge in [0.1, 0.15) is 23.0 Å². The van der Waals surface area contributed by atoms with Gasteiger partial charge in [-0.15, -0.1) is 0 Å². The fraction of sp³-hybridized carbons (Fsp3) is 0.671. The van der Waals surface area contributed by atoms with Crippen molar-refractivity contribution >= 4 is 75.3 Å². The number of nitrogens with one attached hydrogen (secondary N) is 2. The molecule has 0 spiro atoms. The molecule has 10 atom stereocenters. The van der Waals surface area contributed by atoms with Gasteiger partial charge in [0.05, 0.1) is 78.5 Å². The Morgan fingerprint density at radius 2 is 1.19 bits per heavy atom. The number of ketones is 1. The van der Waals surface area contributed by atoms with Crippen molar-refractivity contribution in [3.05, 3.63) is 53.1 Å². The molecule has 2 heterocycles. The summed E-state index contributed by atoms with van der Waals surface area (Å²) in [6.45, 7) is 28.6. The van der Waals surface area contributed by atoms with Gasteiger partial charge in [-0.3, -0.25) is 57.6 Å².